The number of hydrogen-bond donors (Lipinski definition) is 5. The van der Waals surface area contributed by atoms with Crippen molar-refractivity contribution in [2.75, 3.05) is 19.8 Å². The van der Waals surface area contributed by atoms with Crippen molar-refractivity contribution in [2.45, 2.75) is 96.6 Å². The second-order valence-electron chi connectivity index (χ2n) is 11.6. The monoisotopic (exact) mass is 435 g/mol. The van der Waals surface area contributed by atoms with Gasteiger partial charge in [-0.05, 0) is 51.8 Å². The fourth-order valence-corrected chi connectivity index (χ4v) is 5.35. The number of aliphatic hydroxyl groups excluding tert-OH is 3. The van der Waals surface area contributed by atoms with E-state index in [1.807, 2.05) is 0 Å². The van der Waals surface area contributed by atoms with Gasteiger partial charge < -0.3 is 26.2 Å². The average Bonchev–Trinajstić information content (AvgIpc) is 2.73. The van der Waals surface area contributed by atoms with E-state index in [0.29, 0.717) is 6.54 Å². The van der Waals surface area contributed by atoms with Crippen LogP contribution in [0.3, 0.4) is 0 Å². The van der Waals surface area contributed by atoms with Crippen molar-refractivity contribution >= 4 is 0 Å². The molecule has 0 aromatic heterocycles. The van der Waals surface area contributed by atoms with E-state index in [0.717, 1.165) is 54.4 Å². The maximum atomic E-state index is 12.8. The van der Waals surface area contributed by atoms with E-state index in [9.17, 15) is 20.4 Å². The summed E-state index contributed by atoms with van der Waals surface area (Å²) in [6.45, 7) is 11.5. The van der Waals surface area contributed by atoms with Crippen LogP contribution >= 0.6 is 0 Å². The number of nitrogens with two attached hydrogens (primary N) is 1. The summed E-state index contributed by atoms with van der Waals surface area (Å²) in [5.74, 6) is -0.168. The normalized spacial score (nSPS) is 18.8. The quantitative estimate of drug-likeness (QED) is 0.451. The van der Waals surface area contributed by atoms with Crippen LogP contribution in [0.15, 0.2) is 12.1 Å². The first-order chi connectivity index (χ1) is 14.3. The van der Waals surface area contributed by atoms with Crippen LogP contribution in [0.2, 0.25) is 0 Å². The third kappa shape index (κ3) is 4.72. The summed E-state index contributed by atoms with van der Waals surface area (Å²) in [6, 6.07) is 4.13. The highest BCUT2D eigenvalue weighted by atomic mass is 16.3. The minimum atomic E-state index is -1.58. The average molecular weight is 436 g/mol. The summed E-state index contributed by atoms with van der Waals surface area (Å²) in [6.07, 6.45) is 4.68. The Labute approximate surface area is 188 Å². The molecule has 0 amide bonds. The van der Waals surface area contributed by atoms with E-state index in [1.165, 1.54) is 0 Å². The second-order valence-corrected chi connectivity index (χ2v) is 11.6. The lowest BCUT2D eigenvalue weighted by Gasteiger charge is -2.53. The van der Waals surface area contributed by atoms with Crippen molar-refractivity contribution in [3.63, 3.8) is 0 Å². The molecular weight excluding hydrogens is 390 g/mol. The first kappa shape index (κ1) is 26.3. The Bertz CT molecular complexity index is 693. The third-order valence-corrected chi connectivity index (χ3v) is 7.34. The Morgan fingerprint density at radius 3 is 1.55 bits per heavy atom. The van der Waals surface area contributed by atoms with E-state index >= 15 is 0 Å². The largest absolute Gasteiger partial charge is 0.395 e. The Kier molecular flexibility index (Phi) is 8.04. The molecule has 1 aliphatic rings. The zero-order valence-corrected chi connectivity index (χ0v) is 20.5. The van der Waals surface area contributed by atoms with Crippen LogP contribution in [0.25, 0.3) is 0 Å². The molecule has 0 aliphatic heterocycles. The molecule has 1 saturated carbocycles. The van der Waals surface area contributed by atoms with Crippen LogP contribution in [0, 0.1) is 11.3 Å². The highest BCUT2D eigenvalue weighted by Gasteiger charge is 2.57. The van der Waals surface area contributed by atoms with Crippen molar-refractivity contribution < 1.29 is 20.4 Å². The summed E-state index contributed by atoms with van der Waals surface area (Å²) in [7, 11) is 0. The van der Waals surface area contributed by atoms with Gasteiger partial charge in [0.1, 0.15) is 5.60 Å². The lowest BCUT2D eigenvalue weighted by molar-refractivity contribution is -0.196. The lowest BCUT2D eigenvalue weighted by atomic mass is 9.56. The molecule has 2 rings (SSSR count). The molecule has 31 heavy (non-hydrogen) atoms. The predicted molar refractivity (Wildman–Crippen MR) is 126 cm³/mol. The van der Waals surface area contributed by atoms with Crippen LogP contribution in [0.4, 0.5) is 0 Å². The molecule has 1 atom stereocenters. The number of hydrogen-bond acceptors (Lipinski definition) is 5. The van der Waals surface area contributed by atoms with Crippen molar-refractivity contribution in [1.29, 1.82) is 0 Å². The maximum absolute atomic E-state index is 12.8. The molecule has 5 nitrogen and oxygen atoms in total. The van der Waals surface area contributed by atoms with E-state index in [2.05, 4.69) is 53.7 Å². The Morgan fingerprint density at radius 2 is 1.23 bits per heavy atom. The Balaban J connectivity index is 3.06. The van der Waals surface area contributed by atoms with Gasteiger partial charge in [-0.1, -0.05) is 72.9 Å². The van der Waals surface area contributed by atoms with Gasteiger partial charge in [-0.3, -0.25) is 0 Å². The van der Waals surface area contributed by atoms with E-state index in [4.69, 9.17) is 5.73 Å². The van der Waals surface area contributed by atoms with Gasteiger partial charge in [0, 0.05) is 6.54 Å². The molecule has 0 heterocycles. The Morgan fingerprint density at radius 1 is 0.806 bits per heavy atom. The molecule has 1 fully saturated rings. The van der Waals surface area contributed by atoms with Gasteiger partial charge in [0.05, 0.1) is 25.2 Å². The van der Waals surface area contributed by atoms with Crippen molar-refractivity contribution in [3.8, 4) is 0 Å². The van der Waals surface area contributed by atoms with Gasteiger partial charge >= 0.3 is 0 Å². The maximum Gasteiger partial charge on any atom is 0.105 e. The molecule has 1 aromatic rings. The van der Waals surface area contributed by atoms with Gasteiger partial charge in [0.25, 0.3) is 0 Å². The molecule has 0 spiro atoms. The van der Waals surface area contributed by atoms with Crippen LogP contribution < -0.4 is 5.73 Å². The molecule has 1 unspecified atom stereocenters. The van der Waals surface area contributed by atoms with Crippen LogP contribution in [0.5, 0.6) is 0 Å². The van der Waals surface area contributed by atoms with Gasteiger partial charge in [-0.15, -0.1) is 0 Å². The highest BCUT2D eigenvalue weighted by molar-refractivity contribution is 5.50. The second kappa shape index (κ2) is 9.48. The standard InChI is InChI=1S/C26H45NO4/c1-23(2,3)20-12-18(14-27)13-21(24(4,5)6)22(20)26(31,19-10-8-7-9-11-19)25(15-28,16-29)17-30/h12-13,19,28-31H,7-11,14-17,27H2,1-6H3. The van der Waals surface area contributed by atoms with Gasteiger partial charge in [-0.2, -0.15) is 0 Å². The number of benzene rings is 1. The molecule has 178 valence electrons. The van der Waals surface area contributed by atoms with Crippen LogP contribution in [0.1, 0.15) is 95.9 Å². The summed E-state index contributed by atoms with van der Waals surface area (Å²) in [5.41, 5.74) is 6.08. The molecule has 0 bridgehead atoms. The predicted octanol–water partition coefficient (Wildman–Crippen LogP) is 3.47. The van der Waals surface area contributed by atoms with E-state index < -0.39 is 30.8 Å². The van der Waals surface area contributed by atoms with Crippen molar-refractivity contribution in [3.05, 3.63) is 34.4 Å². The molecular formula is C26H45NO4. The van der Waals surface area contributed by atoms with Crippen LogP contribution in [-0.2, 0) is 23.0 Å². The molecule has 5 heteroatoms. The molecule has 1 aromatic carbocycles. The Hall–Kier alpha value is -0.980. The van der Waals surface area contributed by atoms with Crippen LogP contribution in [-0.4, -0.2) is 40.2 Å². The summed E-state index contributed by atoms with van der Waals surface area (Å²) in [4.78, 5) is 0. The smallest absolute Gasteiger partial charge is 0.105 e. The zero-order chi connectivity index (χ0) is 23.7. The fraction of sp³-hybridized carbons (Fsp3) is 0.769. The summed E-state index contributed by atoms with van der Waals surface area (Å²) >= 11 is 0. The molecule has 1 aliphatic carbocycles. The summed E-state index contributed by atoms with van der Waals surface area (Å²) < 4.78 is 0. The third-order valence-electron chi connectivity index (χ3n) is 7.34. The zero-order valence-electron chi connectivity index (χ0n) is 20.5. The number of rotatable bonds is 7. The van der Waals surface area contributed by atoms with E-state index in [1.54, 1.807) is 0 Å². The number of aliphatic hydroxyl groups is 4. The first-order valence-corrected chi connectivity index (χ1v) is 11.8. The van der Waals surface area contributed by atoms with Gasteiger partial charge in [0.15, 0.2) is 0 Å². The summed E-state index contributed by atoms with van der Waals surface area (Å²) in [5, 5.41) is 44.2. The lowest BCUT2D eigenvalue weighted by Crippen LogP contribution is -2.59. The topological polar surface area (TPSA) is 107 Å². The molecule has 6 N–H and O–H groups in total. The van der Waals surface area contributed by atoms with E-state index in [-0.39, 0.29) is 16.7 Å². The van der Waals surface area contributed by atoms with Gasteiger partial charge in [0.2, 0.25) is 0 Å². The fourth-order valence-electron chi connectivity index (χ4n) is 5.35. The molecule has 0 saturated heterocycles. The molecule has 0 radical (unpaired) electrons. The SMILES string of the molecule is CC(C)(C)c1cc(CN)cc(C(C)(C)C)c1C(O)(C1CCCCC1)C(CO)(CO)CO. The minimum absolute atomic E-state index is 0.168. The highest BCUT2D eigenvalue weighted by Crippen LogP contribution is 2.54. The van der Waals surface area contributed by atoms with Gasteiger partial charge in [-0.25, -0.2) is 0 Å². The first-order valence-electron chi connectivity index (χ1n) is 11.8. The minimum Gasteiger partial charge on any atom is -0.395 e. The van der Waals surface area contributed by atoms with Crippen molar-refractivity contribution in [1.82, 2.24) is 0 Å². The van der Waals surface area contributed by atoms with Crippen molar-refractivity contribution in [2.24, 2.45) is 17.1 Å².